The zero-order chi connectivity index (χ0) is 15.6. The van der Waals surface area contributed by atoms with Gasteiger partial charge in [0.2, 0.25) is 0 Å². The summed E-state index contributed by atoms with van der Waals surface area (Å²) in [6, 6.07) is 6.98. The van der Waals surface area contributed by atoms with Gasteiger partial charge in [0.05, 0.1) is 10.6 Å². The molecule has 0 spiro atoms. The minimum atomic E-state index is -3.23. The van der Waals surface area contributed by atoms with Crippen molar-refractivity contribution in [1.82, 2.24) is 0 Å². The van der Waals surface area contributed by atoms with Gasteiger partial charge in [-0.05, 0) is 30.0 Å². The first-order valence-corrected chi connectivity index (χ1v) is 8.80. The zero-order valence-electron chi connectivity index (χ0n) is 12.9. The molecule has 0 aliphatic rings. The number of benzene rings is 1. The van der Waals surface area contributed by atoms with Gasteiger partial charge in [0.25, 0.3) is 0 Å². The Labute approximate surface area is 123 Å². The quantitative estimate of drug-likeness (QED) is 0.589. The fourth-order valence-corrected chi connectivity index (χ4v) is 2.87. The number of carbonyl (C=O) groups is 1. The summed E-state index contributed by atoms with van der Waals surface area (Å²) in [4.78, 5) is 10.5. The number of hydrogen-bond acceptors (Lipinski definition) is 3. The van der Waals surface area contributed by atoms with E-state index in [4.69, 9.17) is 0 Å². The van der Waals surface area contributed by atoms with Gasteiger partial charge in [-0.15, -0.1) is 0 Å². The van der Waals surface area contributed by atoms with Crippen molar-refractivity contribution in [3.05, 3.63) is 29.8 Å². The van der Waals surface area contributed by atoms with Gasteiger partial charge in [0.15, 0.2) is 9.84 Å². The summed E-state index contributed by atoms with van der Waals surface area (Å²) in [6.07, 6.45) is 2.68. The third kappa shape index (κ3) is 6.85. The standard InChI is InChI=1S/C13H18O3S.C3H8/c1-11(2)12-5-7-13(8-6-12)17(15,16)10-4-3-9-14;1-3-2/h5-9,11H,3-4,10H2,1-2H3;3H2,1-2H3. The maximum Gasteiger partial charge on any atom is 0.178 e. The number of unbranched alkanes of at least 4 members (excludes halogenated alkanes) is 1. The van der Waals surface area contributed by atoms with Gasteiger partial charge in [-0.3, -0.25) is 0 Å². The highest BCUT2D eigenvalue weighted by atomic mass is 32.2. The van der Waals surface area contributed by atoms with E-state index in [1.54, 1.807) is 12.1 Å². The third-order valence-electron chi connectivity index (χ3n) is 2.64. The van der Waals surface area contributed by atoms with E-state index in [-0.39, 0.29) is 5.75 Å². The van der Waals surface area contributed by atoms with Gasteiger partial charge in [0, 0.05) is 6.42 Å². The van der Waals surface area contributed by atoms with Crippen LogP contribution >= 0.6 is 0 Å². The van der Waals surface area contributed by atoms with Crippen molar-refractivity contribution in [3.8, 4) is 0 Å². The summed E-state index contributed by atoms with van der Waals surface area (Å²) in [5.74, 6) is 0.425. The molecule has 1 aromatic carbocycles. The highest BCUT2D eigenvalue weighted by molar-refractivity contribution is 7.91. The lowest BCUT2D eigenvalue weighted by molar-refractivity contribution is -0.107. The molecule has 0 aliphatic carbocycles. The lowest BCUT2D eigenvalue weighted by atomic mass is 10.0. The number of aldehydes is 1. The molecule has 3 nitrogen and oxygen atoms in total. The highest BCUT2D eigenvalue weighted by Crippen LogP contribution is 2.18. The van der Waals surface area contributed by atoms with E-state index in [1.807, 2.05) is 12.1 Å². The fourth-order valence-electron chi connectivity index (χ4n) is 1.53. The van der Waals surface area contributed by atoms with Crippen molar-refractivity contribution in [2.24, 2.45) is 0 Å². The van der Waals surface area contributed by atoms with Crippen LogP contribution in [0, 0.1) is 0 Å². The van der Waals surface area contributed by atoms with E-state index in [9.17, 15) is 13.2 Å². The molecule has 0 aromatic heterocycles. The van der Waals surface area contributed by atoms with Crippen LogP contribution < -0.4 is 0 Å². The Balaban J connectivity index is 0.00000110. The summed E-state index contributed by atoms with van der Waals surface area (Å²) < 4.78 is 23.7. The largest absolute Gasteiger partial charge is 0.303 e. The Kier molecular flexibility index (Phi) is 9.14. The van der Waals surface area contributed by atoms with Gasteiger partial charge < -0.3 is 4.79 Å². The van der Waals surface area contributed by atoms with Crippen LogP contribution in [0.1, 0.15) is 58.4 Å². The van der Waals surface area contributed by atoms with Crippen molar-refractivity contribution >= 4 is 16.1 Å². The van der Waals surface area contributed by atoms with Crippen LogP contribution in [0.4, 0.5) is 0 Å². The van der Waals surface area contributed by atoms with Gasteiger partial charge in [-0.25, -0.2) is 8.42 Å². The van der Waals surface area contributed by atoms with Gasteiger partial charge in [-0.1, -0.05) is 46.2 Å². The van der Waals surface area contributed by atoms with E-state index >= 15 is 0 Å². The van der Waals surface area contributed by atoms with Crippen LogP contribution in [0.3, 0.4) is 0 Å². The first-order chi connectivity index (χ1) is 9.38. The molecule has 0 amide bonds. The van der Waals surface area contributed by atoms with E-state index in [2.05, 4.69) is 27.7 Å². The van der Waals surface area contributed by atoms with Crippen LogP contribution in [0.25, 0.3) is 0 Å². The molecule has 0 heterocycles. The van der Waals surface area contributed by atoms with Crippen LogP contribution in [0.2, 0.25) is 0 Å². The molecule has 0 N–H and O–H groups in total. The second-order valence-electron chi connectivity index (χ2n) is 5.06. The molecule has 0 fully saturated rings. The molecule has 0 radical (unpaired) electrons. The molecule has 0 atom stereocenters. The zero-order valence-corrected chi connectivity index (χ0v) is 13.7. The second-order valence-corrected chi connectivity index (χ2v) is 7.17. The van der Waals surface area contributed by atoms with Crippen molar-refractivity contribution in [2.45, 2.75) is 57.8 Å². The Morgan fingerprint density at radius 3 is 2.00 bits per heavy atom. The first kappa shape index (κ1) is 18.8. The summed E-state index contributed by atoms with van der Waals surface area (Å²) in [5.41, 5.74) is 1.12. The fraction of sp³-hybridized carbons (Fsp3) is 0.562. The van der Waals surface area contributed by atoms with E-state index < -0.39 is 9.84 Å². The molecule has 0 bridgehead atoms. The number of rotatable bonds is 6. The van der Waals surface area contributed by atoms with Crippen LogP contribution in [0.5, 0.6) is 0 Å². The van der Waals surface area contributed by atoms with E-state index in [0.717, 1.165) is 11.8 Å². The summed E-state index contributed by atoms with van der Waals surface area (Å²) in [6.45, 7) is 8.38. The lowest BCUT2D eigenvalue weighted by Crippen LogP contribution is -2.07. The molecular formula is C16H26O3S. The normalized spacial score (nSPS) is 10.8. The second kappa shape index (κ2) is 9.70. The number of hydrogen-bond donors (Lipinski definition) is 0. The molecule has 0 saturated carbocycles. The Bertz CT molecular complexity index is 473. The van der Waals surface area contributed by atoms with Crippen LogP contribution in [-0.2, 0) is 14.6 Å². The molecule has 0 saturated heterocycles. The predicted molar refractivity (Wildman–Crippen MR) is 83.8 cm³/mol. The van der Waals surface area contributed by atoms with Crippen LogP contribution in [-0.4, -0.2) is 20.5 Å². The van der Waals surface area contributed by atoms with Crippen molar-refractivity contribution < 1.29 is 13.2 Å². The van der Waals surface area contributed by atoms with E-state index in [0.29, 0.717) is 23.7 Å². The lowest BCUT2D eigenvalue weighted by Gasteiger charge is -2.07. The molecule has 114 valence electrons. The Morgan fingerprint density at radius 1 is 1.10 bits per heavy atom. The van der Waals surface area contributed by atoms with Crippen LogP contribution in [0.15, 0.2) is 29.2 Å². The topological polar surface area (TPSA) is 51.2 Å². The third-order valence-corrected chi connectivity index (χ3v) is 4.46. The average Bonchev–Trinajstić information content (AvgIpc) is 2.40. The minimum absolute atomic E-state index is 0.0345. The highest BCUT2D eigenvalue weighted by Gasteiger charge is 2.13. The number of carbonyl (C=O) groups excluding carboxylic acids is 1. The van der Waals surface area contributed by atoms with Crippen molar-refractivity contribution in [1.29, 1.82) is 0 Å². The molecular weight excluding hydrogens is 272 g/mol. The molecule has 4 heteroatoms. The average molecular weight is 298 g/mol. The maximum absolute atomic E-state index is 11.9. The smallest absolute Gasteiger partial charge is 0.178 e. The molecule has 0 aliphatic heterocycles. The van der Waals surface area contributed by atoms with Crippen molar-refractivity contribution in [3.63, 3.8) is 0 Å². The summed E-state index contributed by atoms with van der Waals surface area (Å²) >= 11 is 0. The Morgan fingerprint density at radius 2 is 1.60 bits per heavy atom. The monoisotopic (exact) mass is 298 g/mol. The minimum Gasteiger partial charge on any atom is -0.303 e. The number of sulfone groups is 1. The molecule has 1 rings (SSSR count). The van der Waals surface area contributed by atoms with Gasteiger partial charge in [0.1, 0.15) is 6.29 Å². The van der Waals surface area contributed by atoms with Gasteiger partial charge >= 0.3 is 0 Å². The predicted octanol–water partition coefficient (Wildman–Crippen LogP) is 3.98. The van der Waals surface area contributed by atoms with Crippen molar-refractivity contribution in [2.75, 3.05) is 5.75 Å². The van der Waals surface area contributed by atoms with E-state index in [1.165, 1.54) is 6.42 Å². The molecule has 1 aromatic rings. The summed E-state index contributed by atoms with van der Waals surface area (Å²) in [5, 5.41) is 0. The summed E-state index contributed by atoms with van der Waals surface area (Å²) in [7, 11) is -3.23. The first-order valence-electron chi connectivity index (χ1n) is 7.15. The van der Waals surface area contributed by atoms with Gasteiger partial charge in [-0.2, -0.15) is 0 Å². The molecule has 20 heavy (non-hydrogen) atoms. The SMILES string of the molecule is CC(C)c1ccc(S(=O)(=O)CCCC=O)cc1.CCC. The molecule has 0 unspecified atom stereocenters. The Hall–Kier alpha value is -1.16. The maximum atomic E-state index is 11.9.